The molecule has 0 saturated heterocycles. The summed E-state index contributed by atoms with van der Waals surface area (Å²) in [5.41, 5.74) is 1.72. The predicted molar refractivity (Wildman–Crippen MR) is 74.5 cm³/mol. The Morgan fingerprint density at radius 3 is 3.00 bits per heavy atom. The van der Waals surface area contributed by atoms with E-state index in [9.17, 15) is 4.79 Å². The van der Waals surface area contributed by atoms with E-state index in [1.54, 1.807) is 0 Å². The topological polar surface area (TPSA) is 42.0 Å². The van der Waals surface area contributed by atoms with E-state index < -0.39 is 0 Å². The first-order valence-corrected chi connectivity index (χ1v) is 6.01. The van der Waals surface area contributed by atoms with Crippen molar-refractivity contribution in [3.8, 4) is 0 Å². The fraction of sp³-hybridized carbons (Fsp3) is 0.143. The van der Waals surface area contributed by atoms with Crippen LogP contribution in [0.2, 0.25) is 5.15 Å². The highest BCUT2D eigenvalue weighted by atomic mass is 35.5. The van der Waals surface area contributed by atoms with Gasteiger partial charge in [-0.05, 0) is 12.1 Å². The van der Waals surface area contributed by atoms with E-state index in [2.05, 4.69) is 10.3 Å². The van der Waals surface area contributed by atoms with Crippen molar-refractivity contribution in [2.45, 2.75) is 6.92 Å². The number of halogens is 1. The van der Waals surface area contributed by atoms with Gasteiger partial charge in [-0.15, -0.1) is 0 Å². The molecule has 1 amide bonds. The number of pyridine rings is 1. The average molecular weight is 261 g/mol. The molecule has 0 saturated carbocycles. The fourth-order valence-electron chi connectivity index (χ4n) is 1.61. The lowest BCUT2D eigenvalue weighted by Gasteiger charge is -2.02. The average Bonchev–Trinajstić information content (AvgIpc) is 2.34. The number of hydrogen-bond acceptors (Lipinski definition) is 2. The summed E-state index contributed by atoms with van der Waals surface area (Å²) >= 11 is 6.09. The van der Waals surface area contributed by atoms with E-state index in [-0.39, 0.29) is 5.91 Å². The molecule has 0 aliphatic heterocycles. The number of fused-ring (bicyclic) bond motifs is 1. The number of rotatable bonds is 3. The van der Waals surface area contributed by atoms with Gasteiger partial charge in [-0.25, -0.2) is 4.98 Å². The lowest BCUT2D eigenvalue weighted by atomic mass is 10.1. The molecular weight excluding hydrogens is 248 g/mol. The third-order valence-corrected chi connectivity index (χ3v) is 2.77. The molecule has 0 spiro atoms. The Bertz CT molecular complexity index is 608. The predicted octanol–water partition coefficient (Wildman–Crippen LogP) is 3.04. The van der Waals surface area contributed by atoms with Gasteiger partial charge in [0.25, 0.3) is 0 Å². The molecule has 0 atom stereocenters. The van der Waals surface area contributed by atoms with Crippen LogP contribution in [0.15, 0.2) is 36.4 Å². The summed E-state index contributed by atoms with van der Waals surface area (Å²) in [6.45, 7) is 1.97. The highest BCUT2D eigenvalue weighted by Gasteiger charge is 2.01. The second-order valence-corrected chi connectivity index (χ2v) is 4.26. The second-order valence-electron chi connectivity index (χ2n) is 3.90. The van der Waals surface area contributed by atoms with Crippen molar-refractivity contribution in [3.05, 3.63) is 47.1 Å². The minimum atomic E-state index is -0.0533. The SMILES string of the molecule is CC(=O)NCC=Cc1cc2ccccc2nc1Cl. The zero-order chi connectivity index (χ0) is 13.0. The van der Waals surface area contributed by atoms with Crippen LogP contribution in [-0.2, 0) is 4.79 Å². The highest BCUT2D eigenvalue weighted by molar-refractivity contribution is 6.31. The van der Waals surface area contributed by atoms with Crippen molar-refractivity contribution in [1.82, 2.24) is 10.3 Å². The summed E-state index contributed by atoms with van der Waals surface area (Å²) in [5.74, 6) is -0.0533. The maximum absolute atomic E-state index is 10.7. The molecule has 0 unspecified atom stereocenters. The van der Waals surface area contributed by atoms with Gasteiger partial charge >= 0.3 is 0 Å². The van der Waals surface area contributed by atoms with Crippen LogP contribution in [0.1, 0.15) is 12.5 Å². The zero-order valence-corrected chi connectivity index (χ0v) is 10.7. The van der Waals surface area contributed by atoms with Crippen LogP contribution in [0, 0.1) is 0 Å². The Morgan fingerprint density at radius 2 is 2.22 bits per heavy atom. The van der Waals surface area contributed by atoms with E-state index in [0.29, 0.717) is 11.7 Å². The minimum absolute atomic E-state index is 0.0533. The summed E-state index contributed by atoms with van der Waals surface area (Å²) in [6.07, 6.45) is 3.71. The zero-order valence-electron chi connectivity index (χ0n) is 9.98. The Labute approximate surface area is 110 Å². The van der Waals surface area contributed by atoms with Crippen molar-refractivity contribution >= 4 is 34.5 Å². The first kappa shape index (κ1) is 12.6. The molecule has 0 fully saturated rings. The number of aromatic nitrogens is 1. The Kier molecular flexibility index (Phi) is 3.95. The van der Waals surface area contributed by atoms with Crippen molar-refractivity contribution in [2.24, 2.45) is 0 Å². The lowest BCUT2D eigenvalue weighted by molar-refractivity contribution is -0.118. The van der Waals surface area contributed by atoms with Gasteiger partial charge in [0.1, 0.15) is 5.15 Å². The standard InChI is InChI=1S/C14H13ClN2O/c1-10(18)16-8-4-6-12-9-11-5-2-3-7-13(11)17-14(12)15/h2-7,9H,8H2,1H3,(H,16,18). The Morgan fingerprint density at radius 1 is 1.44 bits per heavy atom. The third kappa shape index (κ3) is 3.08. The summed E-state index contributed by atoms with van der Waals surface area (Å²) < 4.78 is 0. The minimum Gasteiger partial charge on any atom is -0.353 e. The second kappa shape index (κ2) is 5.65. The molecule has 4 heteroatoms. The number of nitrogens with zero attached hydrogens (tertiary/aromatic N) is 1. The largest absolute Gasteiger partial charge is 0.353 e. The monoisotopic (exact) mass is 260 g/mol. The quantitative estimate of drug-likeness (QED) is 0.862. The molecule has 3 nitrogen and oxygen atoms in total. The van der Waals surface area contributed by atoms with Crippen LogP contribution in [0.4, 0.5) is 0 Å². The van der Waals surface area contributed by atoms with E-state index in [1.165, 1.54) is 6.92 Å². The summed E-state index contributed by atoms with van der Waals surface area (Å²) in [4.78, 5) is 15.0. The molecule has 2 aromatic rings. The van der Waals surface area contributed by atoms with Crippen molar-refractivity contribution in [1.29, 1.82) is 0 Å². The normalized spacial score (nSPS) is 11.0. The number of carbonyl (C=O) groups excluding carboxylic acids is 1. The fourth-order valence-corrected chi connectivity index (χ4v) is 1.82. The third-order valence-electron chi connectivity index (χ3n) is 2.47. The summed E-state index contributed by atoms with van der Waals surface area (Å²) in [7, 11) is 0. The number of benzene rings is 1. The van der Waals surface area contributed by atoms with E-state index >= 15 is 0 Å². The van der Waals surface area contributed by atoms with Crippen LogP contribution >= 0.6 is 11.6 Å². The molecule has 1 N–H and O–H groups in total. The molecule has 1 aromatic heterocycles. The number of nitrogens with one attached hydrogen (secondary N) is 1. The smallest absolute Gasteiger partial charge is 0.217 e. The van der Waals surface area contributed by atoms with Gasteiger partial charge in [0.2, 0.25) is 5.91 Å². The first-order chi connectivity index (χ1) is 8.66. The van der Waals surface area contributed by atoms with Gasteiger partial charge < -0.3 is 5.32 Å². The number of carbonyl (C=O) groups is 1. The lowest BCUT2D eigenvalue weighted by Crippen LogP contribution is -2.19. The van der Waals surface area contributed by atoms with E-state index in [1.807, 2.05) is 42.5 Å². The number of hydrogen-bond donors (Lipinski definition) is 1. The molecule has 92 valence electrons. The van der Waals surface area contributed by atoms with Gasteiger partial charge in [-0.2, -0.15) is 0 Å². The molecule has 1 aromatic carbocycles. The van der Waals surface area contributed by atoms with Crippen molar-refractivity contribution < 1.29 is 4.79 Å². The van der Waals surface area contributed by atoms with Crippen LogP contribution in [0.3, 0.4) is 0 Å². The van der Waals surface area contributed by atoms with Gasteiger partial charge in [0.15, 0.2) is 0 Å². The summed E-state index contributed by atoms with van der Waals surface area (Å²) in [6, 6.07) is 9.78. The van der Waals surface area contributed by atoms with Gasteiger partial charge in [-0.3, -0.25) is 4.79 Å². The Hall–Kier alpha value is -1.87. The van der Waals surface area contributed by atoms with E-state index in [0.717, 1.165) is 16.5 Å². The first-order valence-electron chi connectivity index (χ1n) is 5.63. The van der Waals surface area contributed by atoms with Crippen LogP contribution < -0.4 is 5.32 Å². The molecule has 0 aliphatic carbocycles. The maximum atomic E-state index is 10.7. The van der Waals surface area contributed by atoms with Crippen LogP contribution in [-0.4, -0.2) is 17.4 Å². The molecule has 0 bridgehead atoms. The van der Waals surface area contributed by atoms with Crippen LogP contribution in [0.5, 0.6) is 0 Å². The Balaban J connectivity index is 2.22. The number of amides is 1. The highest BCUT2D eigenvalue weighted by Crippen LogP contribution is 2.21. The number of para-hydroxylation sites is 1. The van der Waals surface area contributed by atoms with Crippen molar-refractivity contribution in [2.75, 3.05) is 6.54 Å². The van der Waals surface area contributed by atoms with Gasteiger partial charge in [0.05, 0.1) is 5.52 Å². The molecule has 0 radical (unpaired) electrons. The van der Waals surface area contributed by atoms with Crippen molar-refractivity contribution in [3.63, 3.8) is 0 Å². The van der Waals surface area contributed by atoms with Gasteiger partial charge in [-0.1, -0.05) is 42.0 Å². The van der Waals surface area contributed by atoms with Gasteiger partial charge in [0, 0.05) is 24.4 Å². The molecule has 18 heavy (non-hydrogen) atoms. The molecule has 1 heterocycles. The molecule has 2 rings (SSSR count). The molecular formula is C14H13ClN2O. The molecule has 0 aliphatic rings. The van der Waals surface area contributed by atoms with E-state index in [4.69, 9.17) is 11.6 Å². The summed E-state index contributed by atoms with van der Waals surface area (Å²) in [5, 5.41) is 4.19. The maximum Gasteiger partial charge on any atom is 0.217 e. The van der Waals surface area contributed by atoms with Crippen LogP contribution in [0.25, 0.3) is 17.0 Å².